The molecule has 0 unspecified atom stereocenters. The molecule has 1 saturated heterocycles. The maximum absolute atomic E-state index is 13.0. The smallest absolute Gasteiger partial charge is 0.227 e. The summed E-state index contributed by atoms with van der Waals surface area (Å²) in [5.74, 6) is -0.763. The van der Waals surface area contributed by atoms with Crippen LogP contribution >= 0.6 is 11.6 Å². The highest BCUT2D eigenvalue weighted by atomic mass is 35.5. The lowest BCUT2D eigenvalue weighted by molar-refractivity contribution is -0.120. The Morgan fingerprint density at radius 1 is 0.921 bits per heavy atom. The van der Waals surface area contributed by atoms with Crippen LogP contribution in [-0.4, -0.2) is 37.5 Å². The monoisotopic (exact) mass is 552 g/mol. The first kappa shape index (κ1) is 28.0. The van der Waals surface area contributed by atoms with Crippen LogP contribution in [0.1, 0.15) is 60.7 Å². The van der Waals surface area contributed by atoms with Gasteiger partial charge >= 0.3 is 0 Å². The Morgan fingerprint density at radius 3 is 2.21 bits per heavy atom. The molecule has 0 bridgehead atoms. The third-order valence-corrected chi connectivity index (χ3v) is 9.12. The van der Waals surface area contributed by atoms with Crippen LogP contribution in [0.3, 0.4) is 0 Å². The Balaban J connectivity index is 1.35. The highest BCUT2D eigenvalue weighted by Gasteiger charge is 2.31. The second kappa shape index (κ2) is 11.4. The fourth-order valence-electron chi connectivity index (χ4n) is 4.57. The number of nitrogens with zero attached hydrogens (tertiary/aromatic N) is 1. The van der Waals surface area contributed by atoms with Crippen molar-refractivity contribution in [3.8, 4) is 0 Å². The van der Waals surface area contributed by atoms with E-state index in [0.29, 0.717) is 40.2 Å². The van der Waals surface area contributed by atoms with Crippen molar-refractivity contribution in [3.05, 3.63) is 100 Å². The Labute approximate surface area is 230 Å². The van der Waals surface area contributed by atoms with Crippen molar-refractivity contribution in [2.45, 2.75) is 44.8 Å². The molecule has 6 nitrogen and oxygen atoms in total. The van der Waals surface area contributed by atoms with Crippen LogP contribution in [0.4, 0.5) is 5.69 Å². The van der Waals surface area contributed by atoms with Gasteiger partial charge in [0.05, 0.1) is 5.75 Å². The van der Waals surface area contributed by atoms with Gasteiger partial charge in [-0.1, -0.05) is 87.0 Å². The van der Waals surface area contributed by atoms with E-state index in [-0.39, 0.29) is 41.9 Å². The highest BCUT2D eigenvalue weighted by Crippen LogP contribution is 2.26. The summed E-state index contributed by atoms with van der Waals surface area (Å²) in [6.45, 7) is 6.92. The Kier molecular flexibility index (Phi) is 8.40. The number of rotatable bonds is 7. The molecule has 1 amide bonds. The van der Waals surface area contributed by atoms with Crippen LogP contribution < -0.4 is 5.32 Å². The average Bonchev–Trinajstić information content (AvgIpc) is 2.89. The molecular weight excluding hydrogens is 520 g/mol. The van der Waals surface area contributed by atoms with Crippen molar-refractivity contribution in [1.29, 1.82) is 0 Å². The summed E-state index contributed by atoms with van der Waals surface area (Å²) in [4.78, 5) is 26.0. The molecule has 8 heteroatoms. The van der Waals surface area contributed by atoms with E-state index in [1.807, 2.05) is 24.3 Å². The molecule has 1 aliphatic rings. The summed E-state index contributed by atoms with van der Waals surface area (Å²) < 4.78 is 27.2. The standard InChI is InChI=1S/C30H33ClN2O4S/c1-30(2,3)25-13-11-21(12-14-25)28(34)23-8-6-9-26(19-23)32-29(35)22-15-17-33(18-16-22)38(36,37)20-24-7-4-5-10-27(24)31/h4-14,19,22H,15-18,20H2,1-3H3,(H,32,35). The van der Waals surface area contributed by atoms with Crippen LogP contribution in [0.15, 0.2) is 72.8 Å². The van der Waals surface area contributed by atoms with Gasteiger partial charge in [0.15, 0.2) is 5.78 Å². The Hall–Kier alpha value is -3.00. The van der Waals surface area contributed by atoms with E-state index in [9.17, 15) is 18.0 Å². The van der Waals surface area contributed by atoms with Gasteiger partial charge in [-0.2, -0.15) is 0 Å². The molecule has 200 valence electrons. The lowest BCUT2D eigenvalue weighted by Gasteiger charge is -2.30. The molecule has 0 atom stereocenters. The van der Waals surface area contributed by atoms with E-state index in [4.69, 9.17) is 11.6 Å². The quantitative estimate of drug-likeness (QED) is 0.362. The molecule has 0 radical (unpaired) electrons. The molecule has 3 aromatic carbocycles. The minimum atomic E-state index is -3.54. The van der Waals surface area contributed by atoms with Crippen LogP contribution in [0.5, 0.6) is 0 Å². The molecule has 0 aromatic heterocycles. The van der Waals surface area contributed by atoms with Crippen molar-refractivity contribution in [1.82, 2.24) is 4.31 Å². The predicted molar refractivity (Wildman–Crippen MR) is 152 cm³/mol. The number of ketones is 1. The van der Waals surface area contributed by atoms with E-state index in [1.165, 1.54) is 4.31 Å². The summed E-state index contributed by atoms with van der Waals surface area (Å²) in [6, 6.07) is 21.4. The first-order valence-corrected chi connectivity index (χ1v) is 14.7. The number of carbonyl (C=O) groups excluding carboxylic acids is 2. The SMILES string of the molecule is CC(C)(C)c1ccc(C(=O)c2cccc(NC(=O)C3CCN(S(=O)(=O)Cc4ccccc4Cl)CC3)c2)cc1. The zero-order chi connectivity index (χ0) is 27.5. The second-order valence-corrected chi connectivity index (χ2v) is 13.1. The van der Waals surface area contributed by atoms with Gasteiger partial charge in [0.25, 0.3) is 0 Å². The number of amides is 1. The van der Waals surface area contributed by atoms with Gasteiger partial charge < -0.3 is 5.32 Å². The van der Waals surface area contributed by atoms with Gasteiger partial charge in [-0.15, -0.1) is 0 Å². The van der Waals surface area contributed by atoms with Crippen LogP contribution in [-0.2, 0) is 26.0 Å². The highest BCUT2D eigenvalue weighted by molar-refractivity contribution is 7.88. The van der Waals surface area contributed by atoms with Gasteiger partial charge in [0.2, 0.25) is 15.9 Å². The number of halogens is 1. The number of hydrogen-bond acceptors (Lipinski definition) is 4. The van der Waals surface area contributed by atoms with Crippen LogP contribution in [0.25, 0.3) is 0 Å². The molecule has 0 saturated carbocycles. The Morgan fingerprint density at radius 2 is 1.58 bits per heavy atom. The summed E-state index contributed by atoms with van der Waals surface area (Å²) >= 11 is 6.14. The average molecular weight is 553 g/mol. The van der Waals surface area contributed by atoms with Crippen molar-refractivity contribution in [3.63, 3.8) is 0 Å². The third-order valence-electron chi connectivity index (χ3n) is 6.92. The number of anilines is 1. The fraction of sp³-hybridized carbons (Fsp3) is 0.333. The number of hydrogen-bond donors (Lipinski definition) is 1. The molecular formula is C30H33ClN2O4S. The van der Waals surface area contributed by atoms with E-state index in [0.717, 1.165) is 5.56 Å². The molecule has 1 aliphatic heterocycles. The minimum Gasteiger partial charge on any atom is -0.326 e. The molecule has 1 fully saturated rings. The molecule has 38 heavy (non-hydrogen) atoms. The largest absolute Gasteiger partial charge is 0.326 e. The molecule has 1 N–H and O–H groups in total. The maximum atomic E-state index is 13.0. The number of nitrogens with one attached hydrogen (secondary N) is 1. The van der Waals surface area contributed by atoms with Gasteiger partial charge in [-0.25, -0.2) is 12.7 Å². The van der Waals surface area contributed by atoms with Gasteiger partial charge in [0.1, 0.15) is 0 Å². The zero-order valence-corrected chi connectivity index (χ0v) is 23.5. The molecule has 3 aromatic rings. The van der Waals surface area contributed by atoms with Gasteiger partial charge in [0, 0.05) is 40.8 Å². The van der Waals surface area contributed by atoms with Crippen molar-refractivity contribution >= 4 is 39.0 Å². The zero-order valence-electron chi connectivity index (χ0n) is 21.9. The van der Waals surface area contributed by atoms with Crippen molar-refractivity contribution in [2.75, 3.05) is 18.4 Å². The lowest BCUT2D eigenvalue weighted by Crippen LogP contribution is -2.41. The lowest BCUT2D eigenvalue weighted by atomic mass is 9.86. The second-order valence-electron chi connectivity index (χ2n) is 10.7. The first-order chi connectivity index (χ1) is 17.9. The van der Waals surface area contributed by atoms with E-state index >= 15 is 0 Å². The predicted octanol–water partition coefficient (Wildman–Crippen LogP) is 6.05. The van der Waals surface area contributed by atoms with Crippen molar-refractivity contribution < 1.29 is 18.0 Å². The summed E-state index contributed by atoms with van der Waals surface area (Å²) in [6.07, 6.45) is 0.846. The topological polar surface area (TPSA) is 83.6 Å². The van der Waals surface area contributed by atoms with E-state index in [2.05, 4.69) is 26.1 Å². The van der Waals surface area contributed by atoms with Crippen LogP contribution in [0, 0.1) is 5.92 Å². The third kappa shape index (κ3) is 6.70. The summed E-state index contributed by atoms with van der Waals surface area (Å²) in [7, 11) is -3.54. The molecule has 0 aliphatic carbocycles. The number of carbonyl (C=O) groups is 2. The number of benzene rings is 3. The van der Waals surface area contributed by atoms with Gasteiger partial charge in [-0.05, 0) is 47.6 Å². The molecule has 1 heterocycles. The summed E-state index contributed by atoms with van der Waals surface area (Å²) in [5.41, 5.74) is 3.34. The molecule has 4 rings (SSSR count). The number of sulfonamides is 1. The normalized spacial score (nSPS) is 15.3. The fourth-order valence-corrected chi connectivity index (χ4v) is 6.45. The van der Waals surface area contributed by atoms with Crippen molar-refractivity contribution in [2.24, 2.45) is 5.92 Å². The van der Waals surface area contributed by atoms with Crippen LogP contribution in [0.2, 0.25) is 5.02 Å². The maximum Gasteiger partial charge on any atom is 0.227 e. The Bertz CT molecular complexity index is 1420. The van der Waals surface area contributed by atoms with E-state index < -0.39 is 10.0 Å². The minimum absolute atomic E-state index is 0.00171. The number of piperidine rings is 1. The first-order valence-electron chi connectivity index (χ1n) is 12.7. The van der Waals surface area contributed by atoms with E-state index in [1.54, 1.807) is 48.5 Å². The summed E-state index contributed by atoms with van der Waals surface area (Å²) in [5, 5.41) is 3.34. The molecule has 0 spiro atoms. The van der Waals surface area contributed by atoms with Gasteiger partial charge in [-0.3, -0.25) is 9.59 Å².